The minimum Gasteiger partial charge on any atom is -0.351 e. The van der Waals surface area contributed by atoms with Gasteiger partial charge in [0.25, 0.3) is 15.9 Å². The standard InChI is InChI=1S/C20H16Cl2FN3O3S2/c21-13-5-6-14(15(22)9-13)19(27)25-10-20(18-16(23)3-1-7-24-18)11-26(12-20)31(28,29)17-4-2-8-30-17/h1-9H,10-12H2,(H,25,27). The SMILES string of the molecule is O=C(NCC1(c2ncccc2F)CN(S(=O)(=O)c2cccs2)C1)c1ccc(Cl)cc1Cl. The summed E-state index contributed by atoms with van der Waals surface area (Å²) < 4.78 is 41.7. The Labute approximate surface area is 192 Å². The maximum Gasteiger partial charge on any atom is 0.252 e. The molecule has 0 radical (unpaired) electrons. The van der Waals surface area contributed by atoms with Crippen molar-refractivity contribution in [1.82, 2.24) is 14.6 Å². The van der Waals surface area contributed by atoms with Gasteiger partial charge in [0.2, 0.25) is 0 Å². The van der Waals surface area contributed by atoms with E-state index in [1.54, 1.807) is 11.4 Å². The number of hydrogen-bond acceptors (Lipinski definition) is 5. The molecule has 0 atom stereocenters. The Bertz CT molecular complexity index is 1230. The molecule has 6 nitrogen and oxygen atoms in total. The lowest BCUT2D eigenvalue weighted by molar-refractivity contribution is 0.0895. The Morgan fingerprint density at radius 3 is 2.65 bits per heavy atom. The van der Waals surface area contributed by atoms with E-state index in [-0.39, 0.29) is 40.1 Å². The van der Waals surface area contributed by atoms with Gasteiger partial charge in [-0.2, -0.15) is 4.31 Å². The largest absolute Gasteiger partial charge is 0.351 e. The number of pyridine rings is 1. The summed E-state index contributed by atoms with van der Waals surface area (Å²) >= 11 is 13.1. The van der Waals surface area contributed by atoms with Crippen LogP contribution < -0.4 is 5.32 Å². The summed E-state index contributed by atoms with van der Waals surface area (Å²) in [4.78, 5) is 16.8. The molecule has 0 spiro atoms. The lowest BCUT2D eigenvalue weighted by atomic mass is 9.77. The van der Waals surface area contributed by atoms with E-state index < -0.39 is 27.2 Å². The molecule has 1 saturated heterocycles. The molecule has 162 valence electrons. The number of nitrogens with one attached hydrogen (secondary N) is 1. The van der Waals surface area contributed by atoms with E-state index in [1.807, 2.05) is 0 Å². The first-order valence-electron chi connectivity index (χ1n) is 9.11. The fourth-order valence-corrected chi connectivity index (χ4v) is 6.73. The van der Waals surface area contributed by atoms with Crippen molar-refractivity contribution in [3.63, 3.8) is 0 Å². The minimum absolute atomic E-state index is 0.0181. The van der Waals surface area contributed by atoms with Gasteiger partial charge in [-0.3, -0.25) is 9.78 Å². The molecule has 4 rings (SSSR count). The van der Waals surface area contributed by atoms with E-state index in [2.05, 4.69) is 10.3 Å². The molecule has 1 fully saturated rings. The number of sulfonamides is 1. The van der Waals surface area contributed by atoms with Gasteiger partial charge in [-0.15, -0.1) is 11.3 Å². The molecule has 0 saturated carbocycles. The van der Waals surface area contributed by atoms with Crippen LogP contribution >= 0.6 is 34.5 Å². The number of thiophene rings is 1. The number of amides is 1. The molecule has 1 amide bonds. The molecule has 0 bridgehead atoms. The van der Waals surface area contributed by atoms with E-state index in [0.29, 0.717) is 5.02 Å². The van der Waals surface area contributed by atoms with Crippen LogP contribution in [0.4, 0.5) is 4.39 Å². The molecular formula is C20H16Cl2FN3O3S2. The van der Waals surface area contributed by atoms with Gasteiger partial charge in [-0.25, -0.2) is 12.8 Å². The Morgan fingerprint density at radius 1 is 1.23 bits per heavy atom. The van der Waals surface area contributed by atoms with Crippen molar-refractivity contribution in [2.45, 2.75) is 9.62 Å². The zero-order valence-corrected chi connectivity index (χ0v) is 19.0. The van der Waals surface area contributed by atoms with Crippen LogP contribution in [0.25, 0.3) is 0 Å². The van der Waals surface area contributed by atoms with Crippen molar-refractivity contribution in [2.75, 3.05) is 19.6 Å². The fourth-order valence-electron chi connectivity index (χ4n) is 3.48. The van der Waals surface area contributed by atoms with Crippen LogP contribution in [0.3, 0.4) is 0 Å². The first-order valence-corrected chi connectivity index (χ1v) is 12.2. The predicted molar refractivity (Wildman–Crippen MR) is 118 cm³/mol. The van der Waals surface area contributed by atoms with Crippen molar-refractivity contribution in [2.24, 2.45) is 0 Å². The molecule has 0 aliphatic carbocycles. The fraction of sp³-hybridized carbons (Fsp3) is 0.200. The maximum atomic E-state index is 14.6. The van der Waals surface area contributed by atoms with Crippen molar-refractivity contribution < 1.29 is 17.6 Å². The Balaban J connectivity index is 1.58. The quantitative estimate of drug-likeness (QED) is 0.556. The van der Waals surface area contributed by atoms with Gasteiger partial charge in [-0.1, -0.05) is 29.3 Å². The highest BCUT2D eigenvalue weighted by atomic mass is 35.5. The average molecular weight is 500 g/mol. The van der Waals surface area contributed by atoms with E-state index in [9.17, 15) is 17.6 Å². The molecular weight excluding hydrogens is 484 g/mol. The van der Waals surface area contributed by atoms with E-state index in [4.69, 9.17) is 23.2 Å². The third-order valence-electron chi connectivity index (χ3n) is 5.07. The van der Waals surface area contributed by atoms with Crippen molar-refractivity contribution in [3.8, 4) is 0 Å². The molecule has 11 heteroatoms. The van der Waals surface area contributed by atoms with Crippen LogP contribution in [-0.2, 0) is 15.4 Å². The summed E-state index contributed by atoms with van der Waals surface area (Å²) in [6.45, 7) is -0.0548. The van der Waals surface area contributed by atoms with Gasteiger partial charge < -0.3 is 5.32 Å². The zero-order valence-electron chi connectivity index (χ0n) is 15.9. The van der Waals surface area contributed by atoms with Crippen LogP contribution in [0.15, 0.2) is 58.3 Å². The number of halogens is 3. The summed E-state index contributed by atoms with van der Waals surface area (Å²) in [6, 6.07) is 10.4. The number of nitrogens with zero attached hydrogens (tertiary/aromatic N) is 2. The lowest BCUT2D eigenvalue weighted by Gasteiger charge is -2.48. The third-order valence-corrected chi connectivity index (χ3v) is 8.78. The highest BCUT2D eigenvalue weighted by Gasteiger charge is 2.52. The normalized spacial score (nSPS) is 16.0. The molecule has 3 heterocycles. The van der Waals surface area contributed by atoms with E-state index in [1.165, 1.54) is 46.9 Å². The number of carbonyl (C=O) groups is 1. The monoisotopic (exact) mass is 499 g/mol. The molecule has 1 aromatic carbocycles. The smallest absolute Gasteiger partial charge is 0.252 e. The lowest BCUT2D eigenvalue weighted by Crippen LogP contribution is -2.65. The maximum absolute atomic E-state index is 14.6. The van der Waals surface area contributed by atoms with Crippen LogP contribution in [-0.4, -0.2) is 43.2 Å². The second-order valence-electron chi connectivity index (χ2n) is 7.13. The van der Waals surface area contributed by atoms with E-state index in [0.717, 1.165) is 11.3 Å². The van der Waals surface area contributed by atoms with Crippen LogP contribution in [0.2, 0.25) is 10.0 Å². The molecule has 0 unspecified atom stereocenters. The van der Waals surface area contributed by atoms with Gasteiger partial charge >= 0.3 is 0 Å². The Morgan fingerprint density at radius 2 is 2.00 bits per heavy atom. The molecule has 31 heavy (non-hydrogen) atoms. The predicted octanol–water partition coefficient (Wildman–Crippen LogP) is 3.96. The molecule has 3 aromatic rings. The first-order chi connectivity index (χ1) is 14.7. The second-order valence-corrected chi connectivity index (χ2v) is 11.1. The van der Waals surface area contributed by atoms with Gasteiger partial charge in [0, 0.05) is 30.9 Å². The minimum atomic E-state index is -3.70. The molecule has 1 aliphatic rings. The van der Waals surface area contributed by atoms with Gasteiger partial charge in [0.15, 0.2) is 0 Å². The van der Waals surface area contributed by atoms with Crippen LogP contribution in [0.5, 0.6) is 0 Å². The third kappa shape index (κ3) is 4.20. The molecule has 1 N–H and O–H groups in total. The first kappa shape index (κ1) is 22.2. The topological polar surface area (TPSA) is 79.4 Å². The highest BCUT2D eigenvalue weighted by Crippen LogP contribution is 2.38. The number of hydrogen-bond donors (Lipinski definition) is 1. The van der Waals surface area contributed by atoms with Gasteiger partial charge in [-0.05, 0) is 41.8 Å². The van der Waals surface area contributed by atoms with Crippen molar-refractivity contribution in [1.29, 1.82) is 0 Å². The van der Waals surface area contributed by atoms with Gasteiger partial charge in [0.05, 0.1) is 21.7 Å². The second kappa shape index (κ2) is 8.48. The summed E-state index contributed by atoms with van der Waals surface area (Å²) in [7, 11) is -3.70. The number of aromatic nitrogens is 1. The van der Waals surface area contributed by atoms with Crippen molar-refractivity contribution >= 4 is 50.5 Å². The molecule has 1 aliphatic heterocycles. The van der Waals surface area contributed by atoms with Crippen LogP contribution in [0.1, 0.15) is 16.1 Å². The summed E-state index contributed by atoms with van der Waals surface area (Å²) in [5, 5.41) is 4.99. The average Bonchev–Trinajstić information content (AvgIpc) is 3.23. The van der Waals surface area contributed by atoms with Gasteiger partial charge in [0.1, 0.15) is 10.0 Å². The number of carbonyl (C=O) groups excluding carboxylic acids is 1. The Kier molecular flexibility index (Phi) is 6.06. The Hall–Kier alpha value is -2.04. The zero-order chi connectivity index (χ0) is 22.2. The summed E-state index contributed by atoms with van der Waals surface area (Å²) in [6.07, 6.45) is 1.44. The number of rotatable bonds is 6. The summed E-state index contributed by atoms with van der Waals surface area (Å²) in [5.74, 6) is -1.04. The van der Waals surface area contributed by atoms with Crippen molar-refractivity contribution in [3.05, 3.63) is 81.2 Å². The molecule has 2 aromatic heterocycles. The van der Waals surface area contributed by atoms with Crippen LogP contribution in [0, 0.1) is 5.82 Å². The van der Waals surface area contributed by atoms with E-state index >= 15 is 0 Å². The highest BCUT2D eigenvalue weighted by molar-refractivity contribution is 7.91. The number of benzene rings is 1. The summed E-state index contributed by atoms with van der Waals surface area (Å²) in [5.41, 5.74) is -0.690.